The molecule has 82 valence electrons. The molecule has 2 rings (SSSR count). The third-order valence-electron chi connectivity index (χ3n) is 2.35. The van der Waals surface area contributed by atoms with Gasteiger partial charge in [-0.25, -0.2) is 0 Å². The van der Waals surface area contributed by atoms with Crippen LogP contribution in [0.3, 0.4) is 0 Å². The van der Waals surface area contributed by atoms with Crippen molar-refractivity contribution in [3.63, 3.8) is 0 Å². The highest BCUT2D eigenvalue weighted by Crippen LogP contribution is 2.18. The van der Waals surface area contributed by atoms with Gasteiger partial charge >= 0.3 is 0 Å². The van der Waals surface area contributed by atoms with E-state index in [2.05, 4.69) is 5.32 Å². The van der Waals surface area contributed by atoms with E-state index in [0.717, 1.165) is 0 Å². The second-order valence-electron chi connectivity index (χ2n) is 3.58. The monoisotopic (exact) mass is 231 g/mol. The lowest BCUT2D eigenvalue weighted by atomic mass is 10.2. The first-order valence-electron chi connectivity index (χ1n) is 5.16. The number of hydrogen-bond acceptors (Lipinski definition) is 2. The summed E-state index contributed by atoms with van der Waals surface area (Å²) in [5.74, 6) is -0.0264. The van der Waals surface area contributed by atoms with Crippen molar-refractivity contribution in [3.05, 3.63) is 58.3 Å². The van der Waals surface area contributed by atoms with Crippen LogP contribution in [0.2, 0.25) is 0 Å². The fourth-order valence-corrected chi connectivity index (χ4v) is 2.21. The van der Waals surface area contributed by atoms with Crippen molar-refractivity contribution in [2.45, 2.75) is 13.0 Å². The van der Waals surface area contributed by atoms with Crippen LogP contribution in [0, 0.1) is 0 Å². The Morgan fingerprint density at radius 2 is 1.94 bits per heavy atom. The van der Waals surface area contributed by atoms with E-state index in [0.29, 0.717) is 5.56 Å². The van der Waals surface area contributed by atoms with Crippen LogP contribution < -0.4 is 5.32 Å². The molecule has 3 heteroatoms. The smallest absolute Gasteiger partial charge is 0.251 e. The molecule has 0 fully saturated rings. The van der Waals surface area contributed by atoms with Gasteiger partial charge in [0.25, 0.3) is 5.91 Å². The van der Waals surface area contributed by atoms with E-state index in [1.165, 1.54) is 4.88 Å². The summed E-state index contributed by atoms with van der Waals surface area (Å²) in [6.45, 7) is 1.99. The molecule has 1 heterocycles. The molecule has 1 amide bonds. The van der Waals surface area contributed by atoms with Crippen molar-refractivity contribution in [1.29, 1.82) is 0 Å². The zero-order valence-corrected chi connectivity index (χ0v) is 9.83. The maximum Gasteiger partial charge on any atom is 0.251 e. The lowest BCUT2D eigenvalue weighted by Crippen LogP contribution is -2.25. The minimum Gasteiger partial charge on any atom is -0.345 e. The molecule has 1 aromatic carbocycles. The summed E-state index contributed by atoms with van der Waals surface area (Å²) in [5.41, 5.74) is 0.700. The number of thiophene rings is 1. The Kier molecular flexibility index (Phi) is 3.37. The van der Waals surface area contributed by atoms with Gasteiger partial charge in [0.15, 0.2) is 0 Å². The number of amides is 1. The van der Waals surface area contributed by atoms with Crippen LogP contribution in [0.5, 0.6) is 0 Å². The van der Waals surface area contributed by atoms with Crippen LogP contribution in [-0.4, -0.2) is 5.91 Å². The number of hydrogen-bond donors (Lipinski definition) is 1. The summed E-state index contributed by atoms with van der Waals surface area (Å²) in [5, 5.41) is 4.98. The third kappa shape index (κ3) is 2.49. The Hall–Kier alpha value is -1.61. The third-order valence-corrected chi connectivity index (χ3v) is 3.41. The molecule has 0 saturated carbocycles. The van der Waals surface area contributed by atoms with Gasteiger partial charge in [0, 0.05) is 10.4 Å². The molecular formula is C13H13NOS. The van der Waals surface area contributed by atoms with Crippen molar-refractivity contribution >= 4 is 17.2 Å². The Labute approximate surface area is 98.9 Å². The van der Waals surface area contributed by atoms with Gasteiger partial charge in [0.1, 0.15) is 0 Å². The van der Waals surface area contributed by atoms with Crippen LogP contribution in [0.1, 0.15) is 28.2 Å². The van der Waals surface area contributed by atoms with Gasteiger partial charge in [0.05, 0.1) is 6.04 Å². The molecule has 0 aliphatic rings. The minimum atomic E-state index is -0.0264. The van der Waals surface area contributed by atoms with E-state index in [-0.39, 0.29) is 11.9 Å². The fourth-order valence-electron chi connectivity index (χ4n) is 1.48. The van der Waals surface area contributed by atoms with Gasteiger partial charge in [-0.15, -0.1) is 11.3 Å². The number of carbonyl (C=O) groups is 1. The predicted molar refractivity (Wildman–Crippen MR) is 66.6 cm³/mol. The molecule has 0 aliphatic carbocycles. The SMILES string of the molecule is C[C@@H](NC(=O)c1ccccc1)c1cccs1. The summed E-state index contributed by atoms with van der Waals surface area (Å²) in [6.07, 6.45) is 0. The highest BCUT2D eigenvalue weighted by atomic mass is 32.1. The molecule has 0 bridgehead atoms. The van der Waals surface area contributed by atoms with E-state index < -0.39 is 0 Å². The quantitative estimate of drug-likeness (QED) is 0.863. The van der Waals surface area contributed by atoms with Crippen molar-refractivity contribution in [3.8, 4) is 0 Å². The fraction of sp³-hybridized carbons (Fsp3) is 0.154. The Morgan fingerprint density at radius 1 is 1.19 bits per heavy atom. The average molecular weight is 231 g/mol. The Bertz CT molecular complexity index is 450. The van der Waals surface area contributed by atoms with Crippen molar-refractivity contribution in [2.24, 2.45) is 0 Å². The molecule has 16 heavy (non-hydrogen) atoms. The summed E-state index contributed by atoms with van der Waals surface area (Å²) < 4.78 is 0. The van der Waals surface area contributed by atoms with Crippen LogP contribution in [-0.2, 0) is 0 Å². The molecule has 2 nitrogen and oxygen atoms in total. The van der Waals surface area contributed by atoms with Crippen LogP contribution in [0.15, 0.2) is 47.8 Å². The highest BCUT2D eigenvalue weighted by molar-refractivity contribution is 7.10. The topological polar surface area (TPSA) is 29.1 Å². The molecule has 1 atom stereocenters. The Morgan fingerprint density at radius 3 is 2.56 bits per heavy atom. The number of nitrogens with one attached hydrogen (secondary N) is 1. The van der Waals surface area contributed by atoms with Crippen molar-refractivity contribution < 1.29 is 4.79 Å². The summed E-state index contributed by atoms with van der Waals surface area (Å²) in [6, 6.07) is 13.3. The maximum atomic E-state index is 11.8. The van der Waals surface area contributed by atoms with Crippen molar-refractivity contribution in [2.75, 3.05) is 0 Å². The van der Waals surface area contributed by atoms with E-state index in [9.17, 15) is 4.79 Å². The predicted octanol–water partition coefficient (Wildman–Crippen LogP) is 3.24. The van der Waals surface area contributed by atoms with E-state index in [1.54, 1.807) is 11.3 Å². The van der Waals surface area contributed by atoms with E-state index in [1.807, 2.05) is 54.8 Å². The number of rotatable bonds is 3. The molecule has 0 saturated heterocycles. The lowest BCUT2D eigenvalue weighted by molar-refractivity contribution is 0.0940. The summed E-state index contributed by atoms with van der Waals surface area (Å²) in [4.78, 5) is 13.0. The van der Waals surface area contributed by atoms with Gasteiger partial charge in [-0.2, -0.15) is 0 Å². The van der Waals surface area contributed by atoms with Gasteiger partial charge in [0.2, 0.25) is 0 Å². The zero-order chi connectivity index (χ0) is 11.4. The molecule has 1 N–H and O–H groups in total. The minimum absolute atomic E-state index is 0.0264. The maximum absolute atomic E-state index is 11.8. The molecule has 0 aliphatic heterocycles. The van der Waals surface area contributed by atoms with E-state index >= 15 is 0 Å². The van der Waals surface area contributed by atoms with Gasteiger partial charge in [-0.1, -0.05) is 24.3 Å². The highest BCUT2D eigenvalue weighted by Gasteiger charge is 2.11. The molecule has 2 aromatic rings. The summed E-state index contributed by atoms with van der Waals surface area (Å²) >= 11 is 1.65. The Balaban J connectivity index is 2.03. The zero-order valence-electron chi connectivity index (χ0n) is 9.01. The normalized spacial score (nSPS) is 12.1. The van der Waals surface area contributed by atoms with Crippen LogP contribution >= 0.6 is 11.3 Å². The van der Waals surface area contributed by atoms with Crippen LogP contribution in [0.25, 0.3) is 0 Å². The second kappa shape index (κ2) is 4.94. The number of benzene rings is 1. The van der Waals surface area contributed by atoms with E-state index in [4.69, 9.17) is 0 Å². The standard InChI is InChI=1S/C13H13NOS/c1-10(12-8-5-9-16-12)14-13(15)11-6-3-2-4-7-11/h2-10H,1H3,(H,14,15)/t10-/m1/s1. The first-order chi connectivity index (χ1) is 7.77. The van der Waals surface area contributed by atoms with Gasteiger partial charge < -0.3 is 5.32 Å². The number of carbonyl (C=O) groups excluding carboxylic acids is 1. The van der Waals surface area contributed by atoms with Crippen molar-refractivity contribution in [1.82, 2.24) is 5.32 Å². The molecule has 0 radical (unpaired) electrons. The largest absolute Gasteiger partial charge is 0.345 e. The molecule has 0 spiro atoms. The second-order valence-corrected chi connectivity index (χ2v) is 4.56. The lowest BCUT2D eigenvalue weighted by Gasteiger charge is -2.11. The molecule has 1 aromatic heterocycles. The first kappa shape index (κ1) is 10.9. The average Bonchev–Trinajstić information content (AvgIpc) is 2.83. The van der Waals surface area contributed by atoms with Gasteiger partial charge in [-0.05, 0) is 30.5 Å². The first-order valence-corrected chi connectivity index (χ1v) is 6.04. The van der Waals surface area contributed by atoms with Crippen LogP contribution in [0.4, 0.5) is 0 Å². The molecule has 0 unspecified atom stereocenters. The van der Waals surface area contributed by atoms with Gasteiger partial charge in [-0.3, -0.25) is 4.79 Å². The summed E-state index contributed by atoms with van der Waals surface area (Å²) in [7, 11) is 0. The molecular weight excluding hydrogens is 218 g/mol.